The first-order chi connectivity index (χ1) is 8.54. The molecule has 7 nitrogen and oxygen atoms in total. The quantitative estimate of drug-likeness (QED) is 0.658. The standard InChI is InChI=1S/C10H14ClN3O4S/c1-10(2,19(3,17)18)6-13-9-8(14(15)16)4-7(11)5-12-9/h4-5H,6H2,1-3H3,(H,12,13). The number of hydrogen-bond donors (Lipinski definition) is 1. The van der Waals surface area contributed by atoms with Gasteiger partial charge in [-0.1, -0.05) is 11.6 Å². The third kappa shape index (κ3) is 3.77. The molecule has 0 bridgehead atoms. The normalized spacial score (nSPS) is 12.2. The van der Waals surface area contributed by atoms with E-state index in [1.54, 1.807) is 0 Å². The lowest BCUT2D eigenvalue weighted by molar-refractivity contribution is -0.384. The summed E-state index contributed by atoms with van der Waals surface area (Å²) in [5.74, 6) is -0.00822. The van der Waals surface area contributed by atoms with Crippen LogP contribution in [0.3, 0.4) is 0 Å². The second kappa shape index (κ2) is 5.30. The molecule has 0 amide bonds. The van der Waals surface area contributed by atoms with Gasteiger partial charge in [-0.05, 0) is 13.8 Å². The van der Waals surface area contributed by atoms with Crippen molar-refractivity contribution in [3.05, 3.63) is 27.4 Å². The molecule has 0 aliphatic heterocycles. The number of hydrogen-bond acceptors (Lipinski definition) is 6. The molecule has 1 N–H and O–H groups in total. The van der Waals surface area contributed by atoms with Crippen LogP contribution in [-0.4, -0.2) is 35.9 Å². The third-order valence-electron chi connectivity index (χ3n) is 2.72. The van der Waals surface area contributed by atoms with E-state index in [4.69, 9.17) is 11.6 Å². The fraction of sp³-hybridized carbons (Fsp3) is 0.500. The summed E-state index contributed by atoms with van der Waals surface area (Å²) >= 11 is 5.63. The fourth-order valence-corrected chi connectivity index (χ4v) is 1.62. The summed E-state index contributed by atoms with van der Waals surface area (Å²) in [5, 5.41) is 13.7. The van der Waals surface area contributed by atoms with Gasteiger partial charge in [0.15, 0.2) is 9.84 Å². The van der Waals surface area contributed by atoms with E-state index in [9.17, 15) is 18.5 Å². The zero-order chi connectivity index (χ0) is 14.8. The van der Waals surface area contributed by atoms with Crippen LogP contribution in [0.4, 0.5) is 11.5 Å². The third-order valence-corrected chi connectivity index (χ3v) is 5.07. The Morgan fingerprint density at radius 3 is 2.58 bits per heavy atom. The van der Waals surface area contributed by atoms with Gasteiger partial charge in [0.25, 0.3) is 0 Å². The van der Waals surface area contributed by atoms with Crippen LogP contribution in [0.25, 0.3) is 0 Å². The number of aromatic nitrogens is 1. The van der Waals surface area contributed by atoms with Crippen molar-refractivity contribution in [1.82, 2.24) is 4.98 Å². The van der Waals surface area contributed by atoms with Crippen LogP contribution in [0.5, 0.6) is 0 Å². The van der Waals surface area contributed by atoms with Gasteiger partial charge >= 0.3 is 5.69 Å². The second-order valence-electron chi connectivity index (χ2n) is 4.66. The van der Waals surface area contributed by atoms with Crippen LogP contribution in [0.1, 0.15) is 13.8 Å². The van der Waals surface area contributed by atoms with Crippen molar-refractivity contribution in [1.29, 1.82) is 0 Å². The summed E-state index contributed by atoms with van der Waals surface area (Å²) in [6, 6.07) is 1.16. The lowest BCUT2D eigenvalue weighted by atomic mass is 10.2. The van der Waals surface area contributed by atoms with Gasteiger partial charge in [-0.2, -0.15) is 0 Å². The molecular formula is C10H14ClN3O4S. The maximum Gasteiger partial charge on any atom is 0.312 e. The number of pyridine rings is 1. The minimum atomic E-state index is -3.30. The molecule has 0 spiro atoms. The maximum atomic E-state index is 11.5. The van der Waals surface area contributed by atoms with Crippen molar-refractivity contribution in [2.75, 3.05) is 18.1 Å². The summed E-state index contributed by atoms with van der Waals surface area (Å²) in [4.78, 5) is 14.0. The van der Waals surface area contributed by atoms with Crippen LogP contribution in [0, 0.1) is 10.1 Å². The second-order valence-corrected chi connectivity index (χ2v) is 7.75. The van der Waals surface area contributed by atoms with E-state index < -0.39 is 19.5 Å². The lowest BCUT2D eigenvalue weighted by Gasteiger charge is -2.22. The highest BCUT2D eigenvalue weighted by Gasteiger charge is 2.31. The highest BCUT2D eigenvalue weighted by Crippen LogP contribution is 2.26. The molecule has 0 radical (unpaired) electrons. The predicted octanol–water partition coefficient (Wildman–Crippen LogP) is 1.88. The van der Waals surface area contributed by atoms with Gasteiger partial charge in [0.1, 0.15) is 0 Å². The van der Waals surface area contributed by atoms with E-state index in [1.807, 2.05) is 0 Å². The Hall–Kier alpha value is -1.41. The Morgan fingerprint density at radius 2 is 2.11 bits per heavy atom. The monoisotopic (exact) mass is 307 g/mol. The SMILES string of the molecule is CC(C)(CNc1ncc(Cl)cc1[N+](=O)[O-])S(C)(=O)=O. The smallest absolute Gasteiger partial charge is 0.312 e. The molecule has 0 aliphatic carbocycles. The van der Waals surface area contributed by atoms with Crippen molar-refractivity contribution in [3.63, 3.8) is 0 Å². The summed E-state index contributed by atoms with van der Waals surface area (Å²) in [7, 11) is -3.30. The van der Waals surface area contributed by atoms with Crippen LogP contribution < -0.4 is 5.32 Å². The molecule has 19 heavy (non-hydrogen) atoms. The Kier molecular flexibility index (Phi) is 4.36. The van der Waals surface area contributed by atoms with Gasteiger partial charge in [-0.25, -0.2) is 13.4 Å². The van der Waals surface area contributed by atoms with E-state index in [1.165, 1.54) is 20.0 Å². The number of sulfone groups is 1. The fourth-order valence-electron chi connectivity index (χ4n) is 1.13. The number of nitrogens with one attached hydrogen (secondary N) is 1. The first kappa shape index (κ1) is 15.6. The molecule has 1 aromatic heterocycles. The minimum absolute atomic E-state index is 0.00130. The van der Waals surface area contributed by atoms with Gasteiger partial charge in [0, 0.05) is 25.1 Å². The number of rotatable bonds is 5. The van der Waals surface area contributed by atoms with Gasteiger partial charge in [0.05, 0.1) is 14.7 Å². The van der Waals surface area contributed by atoms with Crippen molar-refractivity contribution >= 4 is 32.9 Å². The average Bonchev–Trinajstić information content (AvgIpc) is 2.25. The van der Waals surface area contributed by atoms with Crippen LogP contribution in [0.15, 0.2) is 12.3 Å². The summed E-state index contributed by atoms with van der Waals surface area (Å²) < 4.78 is 22.0. The molecular weight excluding hydrogens is 294 g/mol. The van der Waals surface area contributed by atoms with Crippen molar-refractivity contribution in [3.8, 4) is 0 Å². The Balaban J connectivity index is 2.99. The Bertz CT molecular complexity index is 601. The van der Waals surface area contributed by atoms with Gasteiger partial charge in [-0.15, -0.1) is 0 Å². The van der Waals surface area contributed by atoms with E-state index in [0.29, 0.717) is 0 Å². The number of halogens is 1. The van der Waals surface area contributed by atoms with Gasteiger partial charge in [0.2, 0.25) is 5.82 Å². The Labute approximate surface area is 116 Å². The molecule has 1 heterocycles. The Morgan fingerprint density at radius 1 is 1.53 bits per heavy atom. The summed E-state index contributed by atoms with van der Waals surface area (Å²) in [5.41, 5.74) is -0.295. The predicted molar refractivity (Wildman–Crippen MR) is 73.3 cm³/mol. The molecule has 106 valence electrons. The van der Waals surface area contributed by atoms with Crippen LogP contribution >= 0.6 is 11.6 Å². The zero-order valence-corrected chi connectivity index (χ0v) is 12.2. The van der Waals surface area contributed by atoms with Gasteiger partial charge in [-0.3, -0.25) is 10.1 Å². The highest BCUT2D eigenvalue weighted by atomic mass is 35.5. The molecule has 1 aromatic rings. The van der Waals surface area contributed by atoms with Crippen molar-refractivity contribution in [2.45, 2.75) is 18.6 Å². The molecule has 0 saturated heterocycles. The van der Waals surface area contributed by atoms with Crippen LogP contribution in [-0.2, 0) is 9.84 Å². The maximum absolute atomic E-state index is 11.5. The number of nitrogens with zero attached hydrogens (tertiary/aromatic N) is 2. The van der Waals surface area contributed by atoms with Gasteiger partial charge < -0.3 is 5.32 Å². The molecule has 1 rings (SSSR count). The van der Waals surface area contributed by atoms with Crippen molar-refractivity contribution < 1.29 is 13.3 Å². The molecule has 0 aliphatic rings. The number of anilines is 1. The first-order valence-electron chi connectivity index (χ1n) is 5.28. The van der Waals surface area contributed by atoms with E-state index in [2.05, 4.69) is 10.3 Å². The average molecular weight is 308 g/mol. The number of nitro groups is 1. The summed E-state index contributed by atoms with van der Waals surface area (Å²) in [6.07, 6.45) is 2.36. The molecule has 0 aromatic carbocycles. The zero-order valence-electron chi connectivity index (χ0n) is 10.7. The molecule has 0 saturated carbocycles. The van der Waals surface area contributed by atoms with E-state index >= 15 is 0 Å². The van der Waals surface area contributed by atoms with Crippen LogP contribution in [0.2, 0.25) is 5.02 Å². The first-order valence-corrected chi connectivity index (χ1v) is 7.55. The van der Waals surface area contributed by atoms with E-state index in [0.717, 1.165) is 12.3 Å². The van der Waals surface area contributed by atoms with E-state index in [-0.39, 0.29) is 23.1 Å². The minimum Gasteiger partial charge on any atom is -0.363 e. The van der Waals surface area contributed by atoms with Crippen molar-refractivity contribution in [2.24, 2.45) is 0 Å². The highest BCUT2D eigenvalue weighted by molar-refractivity contribution is 7.92. The molecule has 0 fully saturated rings. The molecule has 9 heteroatoms. The summed E-state index contributed by atoms with van der Waals surface area (Å²) in [6.45, 7) is 3.05. The molecule has 0 unspecified atom stereocenters. The largest absolute Gasteiger partial charge is 0.363 e. The topological polar surface area (TPSA) is 102 Å². The molecule has 0 atom stereocenters. The lowest BCUT2D eigenvalue weighted by Crippen LogP contribution is -2.38.